The molecule has 1 aromatic carbocycles. The van der Waals surface area contributed by atoms with E-state index in [-0.39, 0.29) is 19.8 Å². The van der Waals surface area contributed by atoms with E-state index in [1.807, 2.05) is 24.3 Å². The normalized spacial score (nSPS) is 20.2. The second-order valence-corrected chi connectivity index (χ2v) is 6.11. The van der Waals surface area contributed by atoms with Crippen molar-refractivity contribution in [1.29, 1.82) is 0 Å². The van der Waals surface area contributed by atoms with Crippen molar-refractivity contribution in [3.8, 4) is 0 Å². The van der Waals surface area contributed by atoms with E-state index in [0.717, 1.165) is 10.0 Å². The highest BCUT2D eigenvalue weighted by molar-refractivity contribution is 9.10. The summed E-state index contributed by atoms with van der Waals surface area (Å²) in [4.78, 5) is 26.1. The minimum absolute atomic E-state index is 0.0734. The lowest BCUT2D eigenvalue weighted by atomic mass is 9.97. The van der Waals surface area contributed by atoms with Gasteiger partial charge in [-0.05, 0) is 24.6 Å². The fourth-order valence-corrected chi connectivity index (χ4v) is 2.95. The number of Topliss-reactive ketones (excluding diaryl/α,β-unsaturated/α-hetero) is 1. The van der Waals surface area contributed by atoms with Gasteiger partial charge in [0.1, 0.15) is 0 Å². The number of carbonyl (C=O) groups excluding carboxylic acids is 2. The van der Waals surface area contributed by atoms with E-state index in [1.54, 1.807) is 6.92 Å². The molecular weight excluding hydrogens is 364 g/mol. The van der Waals surface area contributed by atoms with Crippen LogP contribution in [0.5, 0.6) is 0 Å². The molecule has 7 heteroatoms. The van der Waals surface area contributed by atoms with Crippen LogP contribution in [0.15, 0.2) is 40.0 Å². The van der Waals surface area contributed by atoms with Gasteiger partial charge in [-0.3, -0.25) is 9.59 Å². The fraction of sp³-hybridized carbons (Fsp3) is 0.375. The molecule has 1 aliphatic rings. The van der Waals surface area contributed by atoms with Gasteiger partial charge in [-0.25, -0.2) is 0 Å². The minimum Gasteiger partial charge on any atom is -0.395 e. The first kappa shape index (κ1) is 17.7. The van der Waals surface area contributed by atoms with E-state index >= 15 is 0 Å². The van der Waals surface area contributed by atoms with E-state index in [2.05, 4.69) is 21.2 Å². The molecular formula is C16H19BrN2O4. The summed E-state index contributed by atoms with van der Waals surface area (Å²) in [5, 5.41) is 21.1. The number of rotatable bonds is 6. The first-order valence-corrected chi connectivity index (χ1v) is 8.07. The molecule has 1 aromatic rings. The number of ketones is 1. The van der Waals surface area contributed by atoms with Crippen molar-refractivity contribution in [2.75, 3.05) is 26.3 Å². The molecule has 1 fully saturated rings. The van der Waals surface area contributed by atoms with Crippen molar-refractivity contribution in [3.63, 3.8) is 0 Å². The smallest absolute Gasteiger partial charge is 0.295 e. The molecule has 0 spiro atoms. The van der Waals surface area contributed by atoms with Crippen LogP contribution in [-0.2, 0) is 9.59 Å². The molecule has 0 aliphatic carbocycles. The van der Waals surface area contributed by atoms with Crippen molar-refractivity contribution in [1.82, 2.24) is 10.2 Å². The topological polar surface area (TPSA) is 89.9 Å². The molecule has 0 bridgehead atoms. The summed E-state index contributed by atoms with van der Waals surface area (Å²) in [6, 6.07) is 6.82. The Morgan fingerprint density at radius 3 is 2.43 bits per heavy atom. The Morgan fingerprint density at radius 2 is 1.87 bits per heavy atom. The van der Waals surface area contributed by atoms with E-state index in [4.69, 9.17) is 5.11 Å². The standard InChI is InChI=1S/C16H19BrN2O4/c1-10(18-6-8-20)13-14(11-2-4-12(17)5-3-11)19(7-9-21)16(23)15(13)22/h2-5,14,18,20-21H,6-9H2,1H3/b13-10-/t14-/m1/s1. The van der Waals surface area contributed by atoms with Gasteiger partial charge in [0, 0.05) is 23.3 Å². The van der Waals surface area contributed by atoms with E-state index in [1.165, 1.54) is 4.90 Å². The third-order valence-corrected chi connectivity index (χ3v) is 4.25. The zero-order valence-corrected chi connectivity index (χ0v) is 14.3. The number of aliphatic hydroxyl groups is 2. The molecule has 1 aliphatic heterocycles. The third kappa shape index (κ3) is 3.63. The van der Waals surface area contributed by atoms with Crippen LogP contribution in [0.3, 0.4) is 0 Å². The van der Waals surface area contributed by atoms with Gasteiger partial charge in [-0.15, -0.1) is 0 Å². The molecule has 23 heavy (non-hydrogen) atoms. The molecule has 1 saturated heterocycles. The van der Waals surface area contributed by atoms with Gasteiger partial charge in [0.25, 0.3) is 11.7 Å². The molecule has 0 saturated carbocycles. The Bertz CT molecular complexity index is 627. The summed E-state index contributed by atoms with van der Waals surface area (Å²) >= 11 is 3.36. The first-order valence-electron chi connectivity index (χ1n) is 7.28. The predicted molar refractivity (Wildman–Crippen MR) is 88.5 cm³/mol. The summed E-state index contributed by atoms with van der Waals surface area (Å²) in [7, 11) is 0. The maximum atomic E-state index is 12.4. The molecule has 1 heterocycles. The SMILES string of the molecule is C/C(NCCO)=C1/C(=O)C(=O)N(CCO)[C@@H]1c1ccc(Br)cc1. The van der Waals surface area contributed by atoms with Crippen molar-refractivity contribution < 1.29 is 19.8 Å². The highest BCUT2D eigenvalue weighted by atomic mass is 79.9. The van der Waals surface area contributed by atoms with Gasteiger partial charge in [0.15, 0.2) is 0 Å². The number of nitrogens with zero attached hydrogens (tertiary/aromatic N) is 1. The number of β-amino-alcohol motifs (C(OH)–C–C–N with tert-alkyl or cyclic N) is 1. The molecule has 3 N–H and O–H groups in total. The largest absolute Gasteiger partial charge is 0.395 e. The van der Waals surface area contributed by atoms with Crippen LogP contribution in [0, 0.1) is 0 Å². The molecule has 1 amide bonds. The van der Waals surface area contributed by atoms with Crippen LogP contribution >= 0.6 is 15.9 Å². The number of benzene rings is 1. The van der Waals surface area contributed by atoms with Crippen LogP contribution in [0.2, 0.25) is 0 Å². The van der Waals surface area contributed by atoms with Gasteiger partial charge >= 0.3 is 0 Å². The number of carbonyl (C=O) groups is 2. The van der Waals surface area contributed by atoms with Gasteiger partial charge in [-0.1, -0.05) is 28.1 Å². The first-order chi connectivity index (χ1) is 11.0. The molecule has 2 rings (SSSR count). The van der Waals surface area contributed by atoms with Crippen molar-refractivity contribution in [3.05, 3.63) is 45.6 Å². The summed E-state index contributed by atoms with van der Waals surface area (Å²) in [6.45, 7) is 1.80. The van der Waals surface area contributed by atoms with Crippen LogP contribution in [0.25, 0.3) is 0 Å². The van der Waals surface area contributed by atoms with Crippen molar-refractivity contribution >= 4 is 27.6 Å². The maximum Gasteiger partial charge on any atom is 0.295 e. The summed E-state index contributed by atoms with van der Waals surface area (Å²) in [6.07, 6.45) is 0. The van der Waals surface area contributed by atoms with Crippen LogP contribution in [0.4, 0.5) is 0 Å². The van der Waals surface area contributed by atoms with Crippen LogP contribution in [0.1, 0.15) is 18.5 Å². The average Bonchev–Trinajstić information content (AvgIpc) is 2.79. The Kier molecular flexibility index (Phi) is 5.92. The van der Waals surface area contributed by atoms with Gasteiger partial charge < -0.3 is 20.4 Å². The number of hydrogen-bond donors (Lipinski definition) is 3. The number of aliphatic hydroxyl groups excluding tert-OH is 2. The van der Waals surface area contributed by atoms with Gasteiger partial charge in [-0.2, -0.15) is 0 Å². The molecule has 0 unspecified atom stereocenters. The number of nitrogens with one attached hydrogen (secondary N) is 1. The minimum atomic E-state index is -0.618. The number of halogens is 1. The van der Waals surface area contributed by atoms with E-state index in [9.17, 15) is 14.7 Å². The van der Waals surface area contributed by atoms with E-state index < -0.39 is 17.7 Å². The monoisotopic (exact) mass is 382 g/mol. The van der Waals surface area contributed by atoms with Gasteiger partial charge in [0.2, 0.25) is 0 Å². The second-order valence-electron chi connectivity index (χ2n) is 5.19. The molecule has 0 radical (unpaired) electrons. The Morgan fingerprint density at radius 1 is 1.22 bits per heavy atom. The van der Waals surface area contributed by atoms with E-state index in [0.29, 0.717) is 17.8 Å². The third-order valence-electron chi connectivity index (χ3n) is 3.72. The number of likely N-dealkylation sites (tertiary alicyclic amines) is 1. The zero-order valence-electron chi connectivity index (χ0n) is 12.8. The fourth-order valence-electron chi connectivity index (χ4n) is 2.69. The molecule has 1 atom stereocenters. The predicted octanol–water partition coefficient (Wildman–Crippen LogP) is 0.750. The maximum absolute atomic E-state index is 12.4. The quantitative estimate of drug-likeness (QED) is 0.498. The molecule has 124 valence electrons. The highest BCUT2D eigenvalue weighted by Gasteiger charge is 2.44. The van der Waals surface area contributed by atoms with Crippen molar-refractivity contribution in [2.45, 2.75) is 13.0 Å². The average molecular weight is 383 g/mol. The number of allylic oxidation sites excluding steroid dienone is 1. The summed E-state index contributed by atoms with van der Waals surface area (Å²) in [5.41, 5.74) is 1.71. The van der Waals surface area contributed by atoms with Gasteiger partial charge in [0.05, 0.1) is 24.8 Å². The lowest BCUT2D eigenvalue weighted by Crippen LogP contribution is -2.32. The van der Waals surface area contributed by atoms with Crippen LogP contribution in [-0.4, -0.2) is 53.1 Å². The lowest BCUT2D eigenvalue weighted by Gasteiger charge is -2.25. The van der Waals surface area contributed by atoms with Crippen molar-refractivity contribution in [2.24, 2.45) is 0 Å². The lowest BCUT2D eigenvalue weighted by molar-refractivity contribution is -0.140. The molecule has 0 aromatic heterocycles. The summed E-state index contributed by atoms with van der Waals surface area (Å²) < 4.78 is 0.895. The zero-order chi connectivity index (χ0) is 17.0. The molecule has 6 nitrogen and oxygen atoms in total. The number of hydrogen-bond acceptors (Lipinski definition) is 5. The van der Waals surface area contributed by atoms with Crippen LogP contribution < -0.4 is 5.32 Å². The Labute approximate surface area is 142 Å². The highest BCUT2D eigenvalue weighted by Crippen LogP contribution is 2.37. The summed E-state index contributed by atoms with van der Waals surface area (Å²) in [5.74, 6) is -1.19. The second kappa shape index (κ2) is 7.72. The Hall–Kier alpha value is -1.70. The number of amides is 1. The Balaban J connectivity index is 2.50.